The number of nitrogens with zero attached hydrogens (tertiary/aromatic N) is 5. The van der Waals surface area contributed by atoms with Crippen LogP contribution in [0.1, 0.15) is 6.92 Å². The van der Waals surface area contributed by atoms with Crippen molar-refractivity contribution in [2.24, 2.45) is 0 Å². The second-order valence-corrected chi connectivity index (χ2v) is 6.02. The van der Waals surface area contributed by atoms with Crippen molar-refractivity contribution >= 4 is 34.6 Å². The summed E-state index contributed by atoms with van der Waals surface area (Å²) < 4.78 is 5.32. The molecule has 0 aliphatic carbocycles. The van der Waals surface area contributed by atoms with E-state index in [1.807, 2.05) is 11.0 Å². The average molecular weight is 372 g/mol. The lowest BCUT2D eigenvalue weighted by molar-refractivity contribution is -0.383. The van der Waals surface area contributed by atoms with Gasteiger partial charge in [-0.2, -0.15) is 0 Å². The molecule has 1 fully saturated rings. The molecule has 10 heteroatoms. The van der Waals surface area contributed by atoms with Crippen LogP contribution in [0.2, 0.25) is 0 Å². The summed E-state index contributed by atoms with van der Waals surface area (Å²) in [5.41, 5.74) is 1.03. The molecule has 1 aromatic carbocycles. The van der Waals surface area contributed by atoms with E-state index < -0.39 is 4.92 Å². The van der Waals surface area contributed by atoms with Crippen molar-refractivity contribution in [3.05, 3.63) is 40.7 Å². The highest BCUT2D eigenvalue weighted by atomic mass is 16.6. The second kappa shape index (κ2) is 7.96. The number of aromatic nitrogens is 2. The van der Waals surface area contributed by atoms with Gasteiger partial charge in [-0.05, 0) is 12.1 Å². The topological polar surface area (TPSA) is 114 Å². The predicted molar refractivity (Wildman–Crippen MR) is 101 cm³/mol. The maximum absolute atomic E-state index is 11.5. The van der Waals surface area contributed by atoms with Gasteiger partial charge in [0.1, 0.15) is 23.7 Å². The number of carbonyl (C=O) groups is 1. The van der Waals surface area contributed by atoms with E-state index in [1.54, 1.807) is 19.2 Å². The van der Waals surface area contributed by atoms with Crippen molar-refractivity contribution in [2.45, 2.75) is 6.92 Å². The molecule has 2 heterocycles. The molecule has 0 unspecified atom stereocenters. The SMILES string of the molecule is CC(=O)N(C)c1cc(Nc2ccc(N3CCOCC3)cc2[N+](=O)[O-])ncn1. The van der Waals surface area contributed by atoms with Gasteiger partial charge in [0.15, 0.2) is 0 Å². The zero-order valence-electron chi connectivity index (χ0n) is 15.1. The van der Waals surface area contributed by atoms with Gasteiger partial charge in [-0.3, -0.25) is 14.9 Å². The lowest BCUT2D eigenvalue weighted by Gasteiger charge is -2.28. The molecule has 1 N–H and O–H groups in total. The molecule has 0 bridgehead atoms. The van der Waals surface area contributed by atoms with Gasteiger partial charge in [0, 0.05) is 44.9 Å². The molecule has 1 aliphatic rings. The number of rotatable bonds is 5. The standard InChI is InChI=1S/C17H20N6O4/c1-12(24)21(2)17-10-16(18-11-19-17)20-14-4-3-13(9-15(14)23(25)26)22-5-7-27-8-6-22/h3-4,9-11H,5-8H2,1-2H3,(H,18,19,20). The molecule has 27 heavy (non-hydrogen) atoms. The number of nitro benzene ring substituents is 1. The highest BCUT2D eigenvalue weighted by Gasteiger charge is 2.19. The van der Waals surface area contributed by atoms with Crippen LogP contribution >= 0.6 is 0 Å². The maximum Gasteiger partial charge on any atom is 0.294 e. The number of morpholine rings is 1. The molecule has 1 aromatic heterocycles. The van der Waals surface area contributed by atoms with Gasteiger partial charge in [-0.25, -0.2) is 9.97 Å². The zero-order chi connectivity index (χ0) is 19.4. The summed E-state index contributed by atoms with van der Waals surface area (Å²) in [4.78, 5) is 34.1. The predicted octanol–water partition coefficient (Wildman–Crippen LogP) is 1.95. The average Bonchev–Trinajstić information content (AvgIpc) is 2.68. The minimum Gasteiger partial charge on any atom is -0.378 e. The van der Waals surface area contributed by atoms with E-state index in [2.05, 4.69) is 15.3 Å². The summed E-state index contributed by atoms with van der Waals surface area (Å²) in [7, 11) is 1.59. The van der Waals surface area contributed by atoms with E-state index in [-0.39, 0.29) is 11.6 Å². The van der Waals surface area contributed by atoms with E-state index in [4.69, 9.17) is 4.74 Å². The number of carbonyl (C=O) groups excluding carboxylic acids is 1. The van der Waals surface area contributed by atoms with Crippen LogP contribution in [-0.2, 0) is 9.53 Å². The molecule has 0 radical (unpaired) electrons. The van der Waals surface area contributed by atoms with E-state index in [9.17, 15) is 14.9 Å². The van der Waals surface area contributed by atoms with Crippen molar-refractivity contribution < 1.29 is 14.5 Å². The number of nitro groups is 1. The number of benzene rings is 1. The molecule has 142 valence electrons. The lowest BCUT2D eigenvalue weighted by atomic mass is 10.2. The summed E-state index contributed by atoms with van der Waals surface area (Å²) in [6.07, 6.45) is 1.30. The first-order valence-corrected chi connectivity index (χ1v) is 8.40. The molecule has 1 aliphatic heterocycles. The Kier molecular flexibility index (Phi) is 5.46. The van der Waals surface area contributed by atoms with Crippen LogP contribution in [0.25, 0.3) is 0 Å². The lowest BCUT2D eigenvalue weighted by Crippen LogP contribution is -2.36. The van der Waals surface area contributed by atoms with Crippen molar-refractivity contribution in [2.75, 3.05) is 48.5 Å². The minimum absolute atomic E-state index is 0.0564. The third kappa shape index (κ3) is 4.29. The number of hydrogen-bond donors (Lipinski definition) is 1. The number of amides is 1. The molecule has 0 saturated carbocycles. The summed E-state index contributed by atoms with van der Waals surface area (Å²) in [5.74, 6) is 0.573. The fourth-order valence-electron chi connectivity index (χ4n) is 2.69. The van der Waals surface area contributed by atoms with E-state index in [1.165, 1.54) is 24.2 Å². The Labute approximate surface area is 155 Å². The largest absolute Gasteiger partial charge is 0.378 e. The Balaban J connectivity index is 1.87. The molecule has 0 spiro atoms. The first-order valence-electron chi connectivity index (χ1n) is 8.40. The summed E-state index contributed by atoms with van der Waals surface area (Å²) in [6, 6.07) is 6.57. The highest BCUT2D eigenvalue weighted by molar-refractivity contribution is 5.90. The van der Waals surface area contributed by atoms with E-state index >= 15 is 0 Å². The minimum atomic E-state index is -0.434. The van der Waals surface area contributed by atoms with E-state index in [0.717, 1.165) is 5.69 Å². The number of anilines is 4. The van der Waals surface area contributed by atoms with Crippen molar-refractivity contribution in [3.63, 3.8) is 0 Å². The van der Waals surface area contributed by atoms with Gasteiger partial charge in [0.25, 0.3) is 5.69 Å². The first-order chi connectivity index (χ1) is 13.0. The molecule has 10 nitrogen and oxygen atoms in total. The Hall–Kier alpha value is -3.27. The molecule has 0 atom stereocenters. The Bertz CT molecular complexity index is 853. The van der Waals surface area contributed by atoms with Gasteiger partial charge in [0.05, 0.1) is 18.1 Å². The molecule has 1 saturated heterocycles. The van der Waals surface area contributed by atoms with Crippen LogP contribution < -0.4 is 15.1 Å². The van der Waals surface area contributed by atoms with Crippen LogP contribution in [0, 0.1) is 10.1 Å². The van der Waals surface area contributed by atoms with Crippen LogP contribution in [0.15, 0.2) is 30.6 Å². The smallest absolute Gasteiger partial charge is 0.294 e. The van der Waals surface area contributed by atoms with Gasteiger partial charge in [0.2, 0.25) is 5.91 Å². The van der Waals surface area contributed by atoms with Gasteiger partial charge < -0.3 is 19.9 Å². The first kappa shape index (κ1) is 18.5. The normalized spacial score (nSPS) is 13.9. The van der Waals surface area contributed by atoms with Gasteiger partial charge in [-0.1, -0.05) is 0 Å². The van der Waals surface area contributed by atoms with Crippen molar-refractivity contribution in [1.82, 2.24) is 9.97 Å². The number of nitrogens with one attached hydrogen (secondary N) is 1. The highest BCUT2D eigenvalue weighted by Crippen LogP contribution is 2.32. The third-order valence-corrected chi connectivity index (χ3v) is 4.29. The fraction of sp³-hybridized carbons (Fsp3) is 0.353. The quantitative estimate of drug-likeness (QED) is 0.626. The molecular formula is C17H20N6O4. The van der Waals surface area contributed by atoms with Crippen molar-refractivity contribution in [1.29, 1.82) is 0 Å². The van der Waals surface area contributed by atoms with E-state index in [0.29, 0.717) is 43.6 Å². The van der Waals surface area contributed by atoms with Gasteiger partial charge >= 0.3 is 0 Å². The fourth-order valence-corrected chi connectivity index (χ4v) is 2.69. The van der Waals surface area contributed by atoms with Gasteiger partial charge in [-0.15, -0.1) is 0 Å². The van der Waals surface area contributed by atoms with Crippen LogP contribution in [0.5, 0.6) is 0 Å². The van der Waals surface area contributed by atoms with Crippen LogP contribution in [0.3, 0.4) is 0 Å². The Morgan fingerprint density at radius 3 is 2.70 bits per heavy atom. The zero-order valence-corrected chi connectivity index (χ0v) is 15.1. The second-order valence-electron chi connectivity index (χ2n) is 6.02. The molecule has 1 amide bonds. The molecular weight excluding hydrogens is 352 g/mol. The van der Waals surface area contributed by atoms with Crippen LogP contribution in [0.4, 0.5) is 28.7 Å². The molecule has 3 rings (SSSR count). The Morgan fingerprint density at radius 2 is 2.04 bits per heavy atom. The maximum atomic E-state index is 11.5. The van der Waals surface area contributed by atoms with Crippen LogP contribution in [-0.4, -0.2) is 54.1 Å². The summed E-state index contributed by atoms with van der Waals surface area (Å²) >= 11 is 0. The summed E-state index contributed by atoms with van der Waals surface area (Å²) in [6.45, 7) is 4.00. The van der Waals surface area contributed by atoms with Crippen molar-refractivity contribution in [3.8, 4) is 0 Å². The number of ether oxygens (including phenoxy) is 1. The monoisotopic (exact) mass is 372 g/mol. The number of hydrogen-bond acceptors (Lipinski definition) is 8. The Morgan fingerprint density at radius 1 is 1.30 bits per heavy atom. The summed E-state index contributed by atoms with van der Waals surface area (Å²) in [5, 5.41) is 14.5. The molecule has 2 aromatic rings. The third-order valence-electron chi connectivity index (χ3n) is 4.29.